The van der Waals surface area contributed by atoms with Gasteiger partial charge < -0.3 is 4.42 Å². The zero-order valence-electron chi connectivity index (χ0n) is 15.3. The molecule has 6 nitrogen and oxygen atoms in total. The molecule has 1 N–H and O–H groups in total. The molecule has 4 rings (SSSR count). The third-order valence-electron chi connectivity index (χ3n) is 4.41. The fourth-order valence-electron chi connectivity index (χ4n) is 2.98. The number of hydrogen-bond donors (Lipinski definition) is 1. The molecule has 2 aromatic carbocycles. The average molecular weight is 434 g/mol. The Kier molecular flexibility index (Phi) is 4.53. The summed E-state index contributed by atoms with van der Waals surface area (Å²) in [6, 6.07) is 11.8. The number of amides is 1. The third-order valence-corrected chi connectivity index (χ3v) is 5.77. The second-order valence-electron chi connectivity index (χ2n) is 6.58. The number of rotatable bonds is 3. The molecule has 0 saturated heterocycles. The van der Waals surface area contributed by atoms with Crippen LogP contribution in [0.3, 0.4) is 0 Å². The van der Waals surface area contributed by atoms with Crippen molar-refractivity contribution in [1.29, 1.82) is 0 Å². The number of aromatic nitrogens is 1. The Morgan fingerprint density at radius 2 is 1.77 bits per heavy atom. The Morgan fingerprint density at radius 1 is 1.03 bits per heavy atom. The van der Waals surface area contributed by atoms with E-state index in [4.69, 9.17) is 4.42 Å². The summed E-state index contributed by atoms with van der Waals surface area (Å²) in [6.45, 7) is 1.70. The first-order chi connectivity index (χ1) is 14.0. The highest BCUT2D eigenvalue weighted by Crippen LogP contribution is 2.32. The summed E-state index contributed by atoms with van der Waals surface area (Å²) in [6.07, 6.45) is -4.58. The van der Waals surface area contributed by atoms with Crippen molar-refractivity contribution < 1.29 is 30.8 Å². The van der Waals surface area contributed by atoms with E-state index in [1.807, 2.05) is 4.72 Å². The number of sulfonamides is 1. The summed E-state index contributed by atoms with van der Waals surface area (Å²) < 4.78 is 71.1. The van der Waals surface area contributed by atoms with Gasteiger partial charge in [0.2, 0.25) is 0 Å². The van der Waals surface area contributed by atoms with Crippen LogP contribution < -0.4 is 4.72 Å². The first kappa shape index (κ1) is 19.9. The van der Waals surface area contributed by atoms with Crippen molar-refractivity contribution >= 4 is 37.8 Å². The van der Waals surface area contributed by atoms with Crippen molar-refractivity contribution in [2.24, 2.45) is 0 Å². The van der Waals surface area contributed by atoms with Gasteiger partial charge in [0.25, 0.3) is 10.0 Å². The van der Waals surface area contributed by atoms with E-state index in [1.165, 1.54) is 18.2 Å². The standard InChI is InChI=1S/C20H13F3N2O4S/c1-11-5-6-12-3-2-4-17(18(12)24-11)30(27,28)25-19(26)16-9-13-7-8-14(20(21,22)23)10-15(13)29-16/h2-10H,1H3,(H,25,26). The van der Waals surface area contributed by atoms with Crippen LogP contribution in [0.2, 0.25) is 0 Å². The normalized spacial score (nSPS) is 12.4. The van der Waals surface area contributed by atoms with E-state index in [9.17, 15) is 26.4 Å². The number of carbonyl (C=O) groups excluding carboxylic acids is 1. The molecule has 0 aliphatic carbocycles. The molecule has 0 bridgehead atoms. The van der Waals surface area contributed by atoms with Crippen LogP contribution in [0.25, 0.3) is 21.9 Å². The highest BCUT2D eigenvalue weighted by Gasteiger charge is 2.31. The fourth-order valence-corrected chi connectivity index (χ4v) is 4.11. The molecule has 0 aliphatic heterocycles. The molecule has 154 valence electrons. The van der Waals surface area contributed by atoms with Gasteiger partial charge in [0.1, 0.15) is 10.5 Å². The number of furan rings is 1. The number of aryl methyl sites for hydroxylation is 1. The van der Waals surface area contributed by atoms with E-state index >= 15 is 0 Å². The highest BCUT2D eigenvalue weighted by molar-refractivity contribution is 7.90. The molecule has 0 spiro atoms. The van der Waals surface area contributed by atoms with Crippen molar-refractivity contribution in [1.82, 2.24) is 9.71 Å². The average Bonchev–Trinajstić information content (AvgIpc) is 3.10. The lowest BCUT2D eigenvalue weighted by Gasteiger charge is -2.08. The smallest absolute Gasteiger partial charge is 0.416 e. The minimum absolute atomic E-state index is 0.185. The van der Waals surface area contributed by atoms with Gasteiger partial charge in [-0.1, -0.05) is 24.3 Å². The number of hydrogen-bond acceptors (Lipinski definition) is 5. The largest absolute Gasteiger partial charge is 0.451 e. The maximum absolute atomic E-state index is 12.8. The van der Waals surface area contributed by atoms with Crippen molar-refractivity contribution in [3.8, 4) is 0 Å². The summed E-state index contributed by atoms with van der Waals surface area (Å²) in [5.74, 6) is -1.54. The summed E-state index contributed by atoms with van der Waals surface area (Å²) in [5, 5.41) is 0.798. The summed E-state index contributed by atoms with van der Waals surface area (Å²) >= 11 is 0. The predicted molar refractivity (Wildman–Crippen MR) is 102 cm³/mol. The van der Waals surface area contributed by atoms with Crippen LogP contribution in [-0.4, -0.2) is 19.3 Å². The number of carbonyl (C=O) groups is 1. The van der Waals surface area contributed by atoms with Gasteiger partial charge in [0, 0.05) is 16.5 Å². The number of nitrogens with one attached hydrogen (secondary N) is 1. The maximum atomic E-state index is 12.8. The quantitative estimate of drug-likeness (QED) is 0.515. The van der Waals surface area contributed by atoms with Crippen molar-refractivity contribution in [3.63, 3.8) is 0 Å². The summed E-state index contributed by atoms with van der Waals surface area (Å²) in [5.41, 5.74) is -0.345. The Morgan fingerprint density at radius 3 is 2.50 bits per heavy atom. The number of alkyl halides is 3. The third kappa shape index (κ3) is 3.61. The van der Waals surface area contributed by atoms with Gasteiger partial charge >= 0.3 is 12.1 Å². The molecule has 2 heterocycles. The Bertz CT molecular complexity index is 1410. The van der Waals surface area contributed by atoms with Crippen molar-refractivity contribution in [2.75, 3.05) is 0 Å². The lowest BCUT2D eigenvalue weighted by molar-refractivity contribution is -0.137. The molecule has 0 radical (unpaired) electrons. The van der Waals surface area contributed by atoms with E-state index in [2.05, 4.69) is 4.98 Å². The molecule has 0 aliphatic rings. The van der Waals surface area contributed by atoms with Gasteiger partial charge in [-0.15, -0.1) is 0 Å². The highest BCUT2D eigenvalue weighted by atomic mass is 32.2. The van der Waals surface area contributed by atoms with Crippen LogP contribution >= 0.6 is 0 Å². The van der Waals surface area contributed by atoms with Gasteiger partial charge in [-0.3, -0.25) is 9.78 Å². The van der Waals surface area contributed by atoms with Gasteiger partial charge in [0.05, 0.1) is 11.1 Å². The van der Waals surface area contributed by atoms with Gasteiger partial charge in [-0.2, -0.15) is 13.2 Å². The van der Waals surface area contributed by atoms with E-state index in [1.54, 1.807) is 25.1 Å². The molecule has 0 atom stereocenters. The SMILES string of the molecule is Cc1ccc2cccc(S(=O)(=O)NC(=O)c3cc4ccc(C(F)(F)F)cc4o3)c2n1. The number of nitrogens with zero attached hydrogens (tertiary/aromatic N) is 1. The maximum Gasteiger partial charge on any atom is 0.416 e. The molecule has 30 heavy (non-hydrogen) atoms. The molecular formula is C20H13F3N2O4S. The fraction of sp³-hybridized carbons (Fsp3) is 0.100. The second-order valence-corrected chi connectivity index (χ2v) is 8.23. The lowest BCUT2D eigenvalue weighted by Crippen LogP contribution is -2.30. The van der Waals surface area contributed by atoms with Gasteiger partial charge in [0.15, 0.2) is 5.76 Å². The Balaban J connectivity index is 1.69. The number of para-hydroxylation sites is 1. The molecule has 2 aromatic heterocycles. The monoisotopic (exact) mass is 434 g/mol. The molecule has 10 heteroatoms. The topological polar surface area (TPSA) is 89.3 Å². The summed E-state index contributed by atoms with van der Waals surface area (Å²) in [7, 11) is -4.32. The van der Waals surface area contributed by atoms with Gasteiger partial charge in [-0.05, 0) is 37.3 Å². The van der Waals surface area contributed by atoms with E-state index in [0.29, 0.717) is 11.1 Å². The van der Waals surface area contributed by atoms with E-state index in [0.717, 1.165) is 18.2 Å². The molecule has 0 saturated carbocycles. The predicted octanol–water partition coefficient (Wildman–Crippen LogP) is 4.43. The zero-order valence-corrected chi connectivity index (χ0v) is 16.1. The number of pyridine rings is 1. The van der Waals surface area contributed by atoms with Crippen molar-refractivity contribution in [3.05, 3.63) is 71.6 Å². The Hall–Kier alpha value is -3.40. The van der Waals surface area contributed by atoms with Crippen LogP contribution in [0.5, 0.6) is 0 Å². The van der Waals surface area contributed by atoms with Crippen molar-refractivity contribution in [2.45, 2.75) is 18.0 Å². The van der Waals surface area contributed by atoms with Crippen LogP contribution in [0.1, 0.15) is 21.8 Å². The summed E-state index contributed by atoms with van der Waals surface area (Å²) in [4.78, 5) is 16.5. The molecule has 0 fully saturated rings. The first-order valence-corrected chi connectivity index (χ1v) is 10.1. The molecule has 0 unspecified atom stereocenters. The minimum atomic E-state index is -4.58. The number of benzene rings is 2. The molecule has 1 amide bonds. The van der Waals surface area contributed by atoms with Crippen LogP contribution in [0, 0.1) is 6.92 Å². The zero-order chi connectivity index (χ0) is 21.7. The van der Waals surface area contributed by atoms with E-state index in [-0.39, 0.29) is 21.4 Å². The lowest BCUT2D eigenvalue weighted by atomic mass is 10.1. The number of halogens is 3. The molecular weight excluding hydrogens is 421 g/mol. The van der Waals surface area contributed by atoms with E-state index < -0.39 is 33.4 Å². The van der Waals surface area contributed by atoms with Crippen LogP contribution in [-0.2, 0) is 16.2 Å². The van der Waals surface area contributed by atoms with Gasteiger partial charge in [-0.25, -0.2) is 13.1 Å². The second kappa shape index (κ2) is 6.84. The van der Waals surface area contributed by atoms with Crippen LogP contribution in [0.15, 0.2) is 63.9 Å². The minimum Gasteiger partial charge on any atom is -0.451 e. The first-order valence-electron chi connectivity index (χ1n) is 8.59. The number of fused-ring (bicyclic) bond motifs is 2. The van der Waals surface area contributed by atoms with Crippen LogP contribution in [0.4, 0.5) is 13.2 Å². The molecule has 4 aromatic rings. The Labute approximate surface area is 168 Å².